The molecule has 1 aliphatic heterocycles. The van der Waals surface area contributed by atoms with E-state index in [0.29, 0.717) is 11.1 Å². The van der Waals surface area contributed by atoms with Crippen molar-refractivity contribution in [1.82, 2.24) is 15.1 Å². The third-order valence-corrected chi connectivity index (χ3v) is 5.38. The van der Waals surface area contributed by atoms with Crippen LogP contribution in [0.4, 0.5) is 0 Å². The molecule has 3 nitrogen and oxygen atoms in total. The fourth-order valence-corrected chi connectivity index (χ4v) is 3.82. The second-order valence-corrected chi connectivity index (χ2v) is 6.81. The van der Waals surface area contributed by atoms with E-state index in [-0.39, 0.29) is 0 Å². The Labute approximate surface area is 113 Å². The maximum absolute atomic E-state index is 3.75. The quantitative estimate of drug-likeness (QED) is 0.780. The predicted molar refractivity (Wildman–Crippen MR) is 78.0 cm³/mol. The van der Waals surface area contributed by atoms with E-state index in [1.54, 1.807) is 0 Å². The molecule has 106 valence electrons. The van der Waals surface area contributed by atoms with Crippen molar-refractivity contribution in [1.29, 1.82) is 0 Å². The Balaban J connectivity index is 1.89. The number of nitrogens with one attached hydrogen (secondary N) is 1. The molecule has 3 heteroatoms. The van der Waals surface area contributed by atoms with Crippen molar-refractivity contribution in [3.8, 4) is 0 Å². The monoisotopic (exact) mass is 253 g/mol. The summed E-state index contributed by atoms with van der Waals surface area (Å²) >= 11 is 0. The van der Waals surface area contributed by atoms with E-state index in [4.69, 9.17) is 0 Å². The Morgan fingerprint density at radius 1 is 1.00 bits per heavy atom. The highest BCUT2D eigenvalue weighted by Crippen LogP contribution is 2.37. The van der Waals surface area contributed by atoms with Crippen LogP contribution < -0.4 is 5.32 Å². The molecule has 0 aromatic rings. The van der Waals surface area contributed by atoms with Crippen LogP contribution in [0.15, 0.2) is 0 Å². The maximum Gasteiger partial charge on any atom is 0.0330 e. The van der Waals surface area contributed by atoms with E-state index in [1.807, 2.05) is 0 Å². The standard InChI is InChI=1S/C15H31N3/c1-5-14(8-7-11-16-14)12-18(4)13-15(17(2)3)9-6-10-15/h16H,5-13H2,1-4H3. The Morgan fingerprint density at radius 2 is 1.72 bits per heavy atom. The Kier molecular flexibility index (Phi) is 4.35. The molecule has 1 saturated heterocycles. The molecule has 18 heavy (non-hydrogen) atoms. The summed E-state index contributed by atoms with van der Waals surface area (Å²) in [5.41, 5.74) is 0.855. The number of nitrogens with zero attached hydrogens (tertiary/aromatic N) is 2. The van der Waals surface area contributed by atoms with E-state index in [2.05, 4.69) is 43.2 Å². The molecule has 1 saturated carbocycles. The van der Waals surface area contributed by atoms with Gasteiger partial charge in [-0.3, -0.25) is 0 Å². The minimum absolute atomic E-state index is 0.395. The molecule has 2 fully saturated rings. The highest BCUT2D eigenvalue weighted by molar-refractivity contribution is 5.00. The summed E-state index contributed by atoms with van der Waals surface area (Å²) < 4.78 is 0. The van der Waals surface area contributed by atoms with Crippen LogP contribution in [0.25, 0.3) is 0 Å². The van der Waals surface area contributed by atoms with Gasteiger partial charge < -0.3 is 15.1 Å². The van der Waals surface area contributed by atoms with Gasteiger partial charge in [-0.25, -0.2) is 0 Å². The molecule has 0 radical (unpaired) electrons. The normalized spacial score (nSPS) is 31.0. The van der Waals surface area contributed by atoms with Gasteiger partial charge in [-0.05, 0) is 66.2 Å². The van der Waals surface area contributed by atoms with Crippen molar-refractivity contribution < 1.29 is 0 Å². The molecular weight excluding hydrogens is 222 g/mol. The fourth-order valence-electron chi connectivity index (χ4n) is 3.82. The third-order valence-electron chi connectivity index (χ3n) is 5.38. The van der Waals surface area contributed by atoms with Crippen LogP contribution >= 0.6 is 0 Å². The van der Waals surface area contributed by atoms with Gasteiger partial charge in [0.15, 0.2) is 0 Å². The van der Waals surface area contributed by atoms with Crippen molar-refractivity contribution in [3.05, 3.63) is 0 Å². The molecule has 0 spiro atoms. The molecule has 0 aromatic carbocycles. The summed E-state index contributed by atoms with van der Waals surface area (Å²) in [4.78, 5) is 5.02. The maximum atomic E-state index is 3.75. The topological polar surface area (TPSA) is 18.5 Å². The van der Waals surface area contributed by atoms with Crippen LogP contribution in [0.1, 0.15) is 45.4 Å². The van der Waals surface area contributed by atoms with Crippen LogP contribution in [-0.2, 0) is 0 Å². The van der Waals surface area contributed by atoms with Gasteiger partial charge in [-0.1, -0.05) is 6.92 Å². The third kappa shape index (κ3) is 2.73. The second kappa shape index (κ2) is 5.48. The Morgan fingerprint density at radius 3 is 2.11 bits per heavy atom. The lowest BCUT2D eigenvalue weighted by Crippen LogP contribution is -2.59. The molecule has 1 heterocycles. The lowest BCUT2D eigenvalue weighted by atomic mass is 9.75. The minimum atomic E-state index is 0.395. The fraction of sp³-hybridized carbons (Fsp3) is 1.00. The number of hydrogen-bond acceptors (Lipinski definition) is 3. The van der Waals surface area contributed by atoms with Crippen LogP contribution in [0.2, 0.25) is 0 Å². The summed E-state index contributed by atoms with van der Waals surface area (Å²) in [7, 11) is 6.80. The molecule has 0 aromatic heterocycles. The van der Waals surface area contributed by atoms with Gasteiger partial charge in [0.2, 0.25) is 0 Å². The summed E-state index contributed by atoms with van der Waals surface area (Å²) in [6.07, 6.45) is 8.10. The van der Waals surface area contributed by atoms with Crippen molar-refractivity contribution in [2.75, 3.05) is 40.8 Å². The van der Waals surface area contributed by atoms with Gasteiger partial charge in [0.1, 0.15) is 0 Å². The van der Waals surface area contributed by atoms with Gasteiger partial charge in [-0.2, -0.15) is 0 Å². The van der Waals surface area contributed by atoms with Crippen molar-refractivity contribution in [3.63, 3.8) is 0 Å². The number of likely N-dealkylation sites (N-methyl/N-ethyl adjacent to an activating group) is 2. The van der Waals surface area contributed by atoms with Gasteiger partial charge in [0, 0.05) is 24.2 Å². The lowest BCUT2D eigenvalue weighted by molar-refractivity contribution is 0.0209. The first-order valence-corrected chi connectivity index (χ1v) is 7.63. The largest absolute Gasteiger partial charge is 0.310 e. The van der Waals surface area contributed by atoms with Crippen LogP contribution in [0.5, 0.6) is 0 Å². The number of rotatable bonds is 6. The predicted octanol–water partition coefficient (Wildman–Crippen LogP) is 1.93. The molecule has 1 aliphatic carbocycles. The van der Waals surface area contributed by atoms with E-state index in [1.165, 1.54) is 58.2 Å². The van der Waals surface area contributed by atoms with Crippen LogP contribution in [0, 0.1) is 0 Å². The van der Waals surface area contributed by atoms with Gasteiger partial charge in [-0.15, -0.1) is 0 Å². The molecule has 1 atom stereocenters. The van der Waals surface area contributed by atoms with E-state index in [9.17, 15) is 0 Å². The molecule has 1 N–H and O–H groups in total. The number of hydrogen-bond donors (Lipinski definition) is 1. The lowest BCUT2D eigenvalue weighted by Gasteiger charge is -2.50. The summed E-state index contributed by atoms with van der Waals surface area (Å²) in [5.74, 6) is 0. The zero-order valence-corrected chi connectivity index (χ0v) is 12.8. The molecule has 2 rings (SSSR count). The average Bonchev–Trinajstić information content (AvgIpc) is 2.72. The van der Waals surface area contributed by atoms with Crippen LogP contribution in [-0.4, -0.2) is 61.7 Å². The van der Waals surface area contributed by atoms with Crippen molar-refractivity contribution in [2.24, 2.45) is 0 Å². The zero-order chi connectivity index (χ0) is 13.2. The van der Waals surface area contributed by atoms with E-state index >= 15 is 0 Å². The van der Waals surface area contributed by atoms with Crippen molar-refractivity contribution >= 4 is 0 Å². The smallest absolute Gasteiger partial charge is 0.0330 e. The summed E-state index contributed by atoms with van der Waals surface area (Å²) in [6, 6.07) is 0. The molecule has 1 unspecified atom stereocenters. The minimum Gasteiger partial charge on any atom is -0.310 e. The highest BCUT2D eigenvalue weighted by Gasteiger charge is 2.41. The molecule has 0 bridgehead atoms. The highest BCUT2D eigenvalue weighted by atomic mass is 15.2. The van der Waals surface area contributed by atoms with Crippen molar-refractivity contribution in [2.45, 2.75) is 56.5 Å². The zero-order valence-electron chi connectivity index (χ0n) is 12.8. The average molecular weight is 253 g/mol. The molecular formula is C15H31N3. The van der Waals surface area contributed by atoms with Gasteiger partial charge in [0.25, 0.3) is 0 Å². The second-order valence-electron chi connectivity index (χ2n) is 6.81. The Hall–Kier alpha value is -0.120. The van der Waals surface area contributed by atoms with Crippen LogP contribution in [0.3, 0.4) is 0 Å². The summed E-state index contributed by atoms with van der Waals surface area (Å²) in [6.45, 7) is 5.97. The first-order valence-electron chi connectivity index (χ1n) is 7.63. The van der Waals surface area contributed by atoms with Gasteiger partial charge >= 0.3 is 0 Å². The van der Waals surface area contributed by atoms with E-state index < -0.39 is 0 Å². The SMILES string of the molecule is CCC1(CN(C)CC2(N(C)C)CCC2)CCCN1. The van der Waals surface area contributed by atoms with E-state index in [0.717, 1.165) is 0 Å². The molecule has 2 aliphatic rings. The Bertz CT molecular complexity index is 258. The van der Waals surface area contributed by atoms with Gasteiger partial charge in [0.05, 0.1) is 0 Å². The first-order chi connectivity index (χ1) is 8.52. The first kappa shape index (κ1) is 14.3. The summed E-state index contributed by atoms with van der Waals surface area (Å²) in [5, 5.41) is 3.75. The molecule has 0 amide bonds.